The van der Waals surface area contributed by atoms with Gasteiger partial charge >= 0.3 is 5.97 Å². The second-order valence-electron chi connectivity index (χ2n) is 5.03. The number of carboxylic acids is 1. The van der Waals surface area contributed by atoms with Gasteiger partial charge in [0, 0.05) is 43.6 Å². The minimum absolute atomic E-state index is 0.120. The van der Waals surface area contributed by atoms with Gasteiger partial charge in [-0.2, -0.15) is 11.8 Å². The van der Waals surface area contributed by atoms with Crippen LogP contribution in [0, 0.1) is 0 Å². The fourth-order valence-electron chi connectivity index (χ4n) is 2.54. The highest BCUT2D eigenvalue weighted by atomic mass is 32.2. The summed E-state index contributed by atoms with van der Waals surface area (Å²) in [5.74, 6) is 1.41. The summed E-state index contributed by atoms with van der Waals surface area (Å²) in [6.45, 7) is 7.26. The van der Waals surface area contributed by atoms with E-state index in [0.29, 0.717) is 6.42 Å². The van der Waals surface area contributed by atoms with Crippen LogP contribution in [0.4, 0.5) is 0 Å². The second kappa shape index (κ2) is 9.23. The number of carbonyl (C=O) groups is 2. The van der Waals surface area contributed by atoms with Crippen molar-refractivity contribution < 1.29 is 14.7 Å². The molecule has 5 nitrogen and oxygen atoms in total. The van der Waals surface area contributed by atoms with E-state index >= 15 is 0 Å². The number of carbonyl (C=O) groups excluding carboxylic acids is 1. The summed E-state index contributed by atoms with van der Waals surface area (Å²) in [5, 5.41) is 8.94. The normalized spacial score (nSPS) is 19.8. The predicted octanol–water partition coefficient (Wildman–Crippen LogP) is 1.53. The molecule has 0 spiro atoms. The molecule has 1 aliphatic rings. The lowest BCUT2D eigenvalue weighted by molar-refractivity contribution is -0.138. The first kappa shape index (κ1) is 17.3. The number of amides is 1. The van der Waals surface area contributed by atoms with E-state index in [1.807, 2.05) is 30.5 Å². The average molecular weight is 302 g/mol. The van der Waals surface area contributed by atoms with Gasteiger partial charge in [0.2, 0.25) is 5.91 Å². The Morgan fingerprint density at radius 2 is 2.05 bits per heavy atom. The first-order valence-electron chi connectivity index (χ1n) is 7.39. The van der Waals surface area contributed by atoms with Crippen LogP contribution in [0.5, 0.6) is 0 Å². The largest absolute Gasteiger partial charge is 0.481 e. The van der Waals surface area contributed by atoms with Crippen molar-refractivity contribution in [2.75, 3.05) is 37.7 Å². The maximum atomic E-state index is 11.9. The van der Waals surface area contributed by atoms with Crippen LogP contribution in [0.15, 0.2) is 0 Å². The highest BCUT2D eigenvalue weighted by molar-refractivity contribution is 7.99. The Kier molecular flexibility index (Phi) is 7.99. The molecule has 0 aromatic rings. The van der Waals surface area contributed by atoms with E-state index in [2.05, 4.69) is 4.90 Å². The Balaban J connectivity index is 2.34. The van der Waals surface area contributed by atoms with E-state index in [4.69, 9.17) is 5.11 Å². The number of aliphatic carboxylic acids is 1. The summed E-state index contributed by atoms with van der Waals surface area (Å²) < 4.78 is 0. The molecule has 6 heteroatoms. The van der Waals surface area contributed by atoms with E-state index in [1.54, 1.807) is 0 Å². The van der Waals surface area contributed by atoms with Crippen molar-refractivity contribution in [1.82, 2.24) is 9.80 Å². The zero-order valence-electron chi connectivity index (χ0n) is 12.5. The molecule has 1 unspecified atom stereocenters. The van der Waals surface area contributed by atoms with Crippen molar-refractivity contribution in [2.45, 2.75) is 39.2 Å². The molecule has 1 fully saturated rings. The van der Waals surface area contributed by atoms with E-state index in [1.165, 1.54) is 0 Å². The molecule has 0 saturated carbocycles. The van der Waals surface area contributed by atoms with Gasteiger partial charge in [0.15, 0.2) is 0 Å². The van der Waals surface area contributed by atoms with E-state index in [0.717, 1.165) is 44.1 Å². The van der Waals surface area contributed by atoms with E-state index in [-0.39, 0.29) is 18.4 Å². The van der Waals surface area contributed by atoms with Crippen LogP contribution in [0.1, 0.15) is 33.1 Å². The Labute approximate surface area is 125 Å². The van der Waals surface area contributed by atoms with Crippen molar-refractivity contribution in [3.63, 3.8) is 0 Å². The smallest absolute Gasteiger partial charge is 0.304 e. The van der Waals surface area contributed by atoms with Crippen LogP contribution >= 0.6 is 11.8 Å². The minimum atomic E-state index is -0.735. The van der Waals surface area contributed by atoms with Gasteiger partial charge in [-0.05, 0) is 26.8 Å². The summed E-state index contributed by atoms with van der Waals surface area (Å²) in [5.41, 5.74) is 0. The van der Waals surface area contributed by atoms with Crippen LogP contribution in [0.2, 0.25) is 0 Å². The summed E-state index contributed by atoms with van der Waals surface area (Å²) in [6, 6.07) is 0.120. The summed E-state index contributed by atoms with van der Waals surface area (Å²) in [7, 11) is 0. The number of nitrogens with zero attached hydrogens (tertiary/aromatic N) is 2. The van der Waals surface area contributed by atoms with E-state index < -0.39 is 5.97 Å². The molecule has 0 bridgehead atoms. The van der Waals surface area contributed by atoms with Crippen molar-refractivity contribution in [3.8, 4) is 0 Å². The van der Waals surface area contributed by atoms with Gasteiger partial charge in [0.25, 0.3) is 0 Å². The highest BCUT2D eigenvalue weighted by Crippen LogP contribution is 2.19. The van der Waals surface area contributed by atoms with Crippen LogP contribution in [0.25, 0.3) is 0 Å². The predicted molar refractivity (Wildman–Crippen MR) is 82.1 cm³/mol. The number of carboxylic acid groups (broad SMARTS) is 1. The molecule has 1 saturated heterocycles. The number of hydrogen-bond donors (Lipinski definition) is 1. The third-order valence-electron chi connectivity index (χ3n) is 3.71. The van der Waals surface area contributed by atoms with Gasteiger partial charge in [-0.3, -0.25) is 14.5 Å². The van der Waals surface area contributed by atoms with Crippen LogP contribution in [-0.2, 0) is 9.59 Å². The quantitative estimate of drug-likeness (QED) is 0.737. The lowest BCUT2D eigenvalue weighted by atomic mass is 10.1. The fourth-order valence-corrected chi connectivity index (χ4v) is 3.67. The number of thioether (sulfide) groups is 1. The molecular weight excluding hydrogens is 276 g/mol. The maximum absolute atomic E-state index is 11.9. The Morgan fingerprint density at radius 1 is 1.35 bits per heavy atom. The third kappa shape index (κ3) is 5.71. The summed E-state index contributed by atoms with van der Waals surface area (Å²) in [6.07, 6.45) is 1.58. The van der Waals surface area contributed by atoms with Gasteiger partial charge in [-0.1, -0.05) is 0 Å². The van der Waals surface area contributed by atoms with E-state index in [9.17, 15) is 9.59 Å². The average Bonchev–Trinajstić information content (AvgIpc) is 2.41. The van der Waals surface area contributed by atoms with Gasteiger partial charge < -0.3 is 10.0 Å². The molecule has 1 N–H and O–H groups in total. The van der Waals surface area contributed by atoms with Crippen LogP contribution in [-0.4, -0.2) is 70.5 Å². The maximum Gasteiger partial charge on any atom is 0.304 e. The Bertz CT molecular complexity index is 322. The summed E-state index contributed by atoms with van der Waals surface area (Å²) in [4.78, 5) is 26.9. The lowest BCUT2D eigenvalue weighted by Gasteiger charge is -2.34. The highest BCUT2D eigenvalue weighted by Gasteiger charge is 2.24. The second-order valence-corrected chi connectivity index (χ2v) is 6.18. The van der Waals surface area contributed by atoms with Crippen LogP contribution in [0.3, 0.4) is 0 Å². The summed E-state index contributed by atoms with van der Waals surface area (Å²) >= 11 is 1.82. The molecule has 1 heterocycles. The number of rotatable bonds is 8. The van der Waals surface area contributed by atoms with Gasteiger partial charge in [-0.15, -0.1) is 0 Å². The van der Waals surface area contributed by atoms with Crippen molar-refractivity contribution in [1.29, 1.82) is 0 Å². The standard InChI is InChI=1S/C14H26N2O3S/c1-3-15(4-2)13(17)6-5-7-16-8-9-20-11-12(16)10-14(18)19/h12H,3-11H2,1-2H3,(H,18,19). The minimum Gasteiger partial charge on any atom is -0.481 e. The first-order valence-corrected chi connectivity index (χ1v) is 8.55. The molecule has 0 aliphatic carbocycles. The Hall–Kier alpha value is -0.750. The van der Waals surface area contributed by atoms with Crippen molar-refractivity contribution in [3.05, 3.63) is 0 Å². The van der Waals surface area contributed by atoms with Gasteiger partial charge in [0.1, 0.15) is 0 Å². The molecular formula is C14H26N2O3S. The topological polar surface area (TPSA) is 60.9 Å². The monoisotopic (exact) mass is 302 g/mol. The fraction of sp³-hybridized carbons (Fsp3) is 0.857. The Morgan fingerprint density at radius 3 is 2.65 bits per heavy atom. The molecule has 116 valence electrons. The molecule has 1 amide bonds. The van der Waals surface area contributed by atoms with Gasteiger partial charge in [0.05, 0.1) is 6.42 Å². The molecule has 1 rings (SSSR count). The molecule has 1 atom stereocenters. The number of hydrogen-bond acceptors (Lipinski definition) is 4. The zero-order valence-corrected chi connectivity index (χ0v) is 13.3. The zero-order chi connectivity index (χ0) is 15.0. The van der Waals surface area contributed by atoms with Crippen molar-refractivity contribution in [2.24, 2.45) is 0 Å². The third-order valence-corrected chi connectivity index (χ3v) is 4.80. The molecule has 1 aliphatic heterocycles. The molecule has 0 aromatic heterocycles. The molecule has 0 radical (unpaired) electrons. The molecule has 0 aromatic carbocycles. The van der Waals surface area contributed by atoms with Gasteiger partial charge in [-0.25, -0.2) is 0 Å². The lowest BCUT2D eigenvalue weighted by Crippen LogP contribution is -2.44. The van der Waals surface area contributed by atoms with Crippen molar-refractivity contribution >= 4 is 23.6 Å². The SMILES string of the molecule is CCN(CC)C(=O)CCCN1CCSCC1CC(=O)O. The first-order chi connectivity index (χ1) is 9.58. The van der Waals surface area contributed by atoms with Crippen LogP contribution < -0.4 is 0 Å². The molecule has 20 heavy (non-hydrogen) atoms.